The van der Waals surface area contributed by atoms with Crippen molar-refractivity contribution in [2.24, 2.45) is 5.73 Å². The van der Waals surface area contributed by atoms with Gasteiger partial charge >= 0.3 is 0 Å². The number of Topliss-reactive ketones (excluding diaryl/α,β-unsaturated/α-hetero) is 1. The summed E-state index contributed by atoms with van der Waals surface area (Å²) in [6, 6.07) is -1.65. The van der Waals surface area contributed by atoms with E-state index in [0.29, 0.717) is 5.03 Å². The minimum atomic E-state index is -1.92. The van der Waals surface area contributed by atoms with Crippen molar-refractivity contribution in [1.29, 1.82) is 0 Å². The van der Waals surface area contributed by atoms with Crippen LogP contribution in [-0.4, -0.2) is 176 Å². The van der Waals surface area contributed by atoms with E-state index in [1.54, 1.807) is 48.6 Å². The maximum atomic E-state index is 13.9. The summed E-state index contributed by atoms with van der Waals surface area (Å²) in [5, 5.41) is 74.6. The fourth-order valence-electron chi connectivity index (χ4n) is 7.16. The van der Waals surface area contributed by atoms with E-state index in [1.165, 1.54) is 19.3 Å². The number of carbonyl (C=O) groups is 3. The van der Waals surface area contributed by atoms with Crippen LogP contribution in [0.4, 0.5) is 0 Å². The summed E-state index contributed by atoms with van der Waals surface area (Å²) in [6.45, 7) is 0.904. The number of amides is 2. The van der Waals surface area contributed by atoms with Gasteiger partial charge in [0.2, 0.25) is 5.91 Å². The second-order valence-electron chi connectivity index (χ2n) is 14.8. The Morgan fingerprint density at radius 3 is 2.18 bits per heavy atom. The number of nitrogens with zero attached hydrogens (tertiary/aromatic N) is 1. The molecule has 2 amide bonds. The number of halogens is 2. The van der Waals surface area contributed by atoms with Gasteiger partial charge in [-0.3, -0.25) is 19.3 Å². The summed E-state index contributed by atoms with van der Waals surface area (Å²) < 4.78 is 38.6. The molecule has 0 aromatic carbocycles. The first-order valence-electron chi connectivity index (χ1n) is 19.6. The van der Waals surface area contributed by atoms with Crippen molar-refractivity contribution in [3.05, 3.63) is 95.4 Å². The van der Waals surface area contributed by atoms with Gasteiger partial charge in [-0.2, -0.15) is 0 Å². The second kappa shape index (κ2) is 22.8. The molecule has 5 rings (SSSR count). The lowest BCUT2D eigenvalue weighted by molar-refractivity contribution is -0.340. The van der Waals surface area contributed by atoms with Gasteiger partial charge in [0.05, 0.1) is 37.2 Å². The normalized spacial score (nSPS) is 39.7. The van der Waals surface area contributed by atoms with Gasteiger partial charge in [0, 0.05) is 12.1 Å². The van der Waals surface area contributed by atoms with Crippen molar-refractivity contribution >= 4 is 40.8 Å². The number of primary amides is 1. The molecule has 0 aromatic rings. The van der Waals surface area contributed by atoms with Gasteiger partial charge in [0.1, 0.15) is 66.2 Å². The van der Waals surface area contributed by atoms with Gasteiger partial charge in [-0.05, 0) is 31.6 Å². The first-order chi connectivity index (χ1) is 29.5. The molecule has 0 aromatic heterocycles. The number of aliphatic hydroxyl groups is 7. The molecule has 5 heterocycles. The number of ether oxygens (including phenoxy) is 7. The fourth-order valence-corrected chi connectivity index (χ4v) is 7.70. The van der Waals surface area contributed by atoms with E-state index in [9.17, 15) is 50.1 Å². The first-order valence-corrected chi connectivity index (χ1v) is 20.4. The summed E-state index contributed by atoms with van der Waals surface area (Å²) >= 11 is 12.5. The van der Waals surface area contributed by atoms with Crippen LogP contribution < -0.4 is 5.73 Å². The Morgan fingerprint density at radius 2 is 1.52 bits per heavy atom. The molecule has 16 atom stereocenters. The molecule has 62 heavy (non-hydrogen) atoms. The van der Waals surface area contributed by atoms with E-state index < -0.39 is 129 Å². The van der Waals surface area contributed by atoms with Gasteiger partial charge < -0.3 is 74.6 Å². The molecule has 0 saturated carbocycles. The Bertz CT molecular complexity index is 1830. The molecule has 19 nitrogen and oxygen atoms in total. The molecule has 0 aliphatic carbocycles. The van der Waals surface area contributed by atoms with Crippen LogP contribution in [0.5, 0.6) is 0 Å². The van der Waals surface area contributed by atoms with Gasteiger partial charge in [-0.25, -0.2) is 0 Å². The van der Waals surface area contributed by atoms with Crippen LogP contribution in [0.2, 0.25) is 0 Å². The summed E-state index contributed by atoms with van der Waals surface area (Å²) in [6.07, 6.45) is 1.73. The molecule has 342 valence electrons. The summed E-state index contributed by atoms with van der Waals surface area (Å²) in [7, 11) is 1.23. The van der Waals surface area contributed by atoms with E-state index >= 15 is 0 Å². The molecule has 5 fully saturated rings. The molecule has 5 aliphatic heterocycles. The average Bonchev–Trinajstić information content (AvgIpc) is 3.79. The SMILES string of the molecule is CO[C@@H]1[C@H](O[C@@H]2CO[C@@H](O[C@@H]3[C@@H](O)[C@H](O)CO[C@@H]3N3C(=O)/C(=C(O)/C=C/C=C/C=C/C=C/C=C(Cl)/C=C/C=C\[C@@H]4O[C@H](C)C[C@@H]4Cl)C(=O)[C@@H]3CC(N)=O)[C@@H](O)[C@H]2O)O[C@H](O)[C@H]1O. The zero-order valence-corrected chi connectivity index (χ0v) is 35.1. The van der Waals surface area contributed by atoms with Gasteiger partial charge in [0.25, 0.3) is 5.91 Å². The fraction of sp³-hybridized carbons (Fsp3) is 0.537. The number of aliphatic hydroxyl groups excluding tert-OH is 7. The Labute approximate surface area is 366 Å². The van der Waals surface area contributed by atoms with Crippen molar-refractivity contribution < 1.29 is 83.3 Å². The standard InChI is InChI=1S/C41H52Cl2N2O17/c1-20-16-22(43)26(59-20)15-11-10-13-21(42)12-8-6-4-3-5-7-9-14-24(46)29-30(49)23(17-28(44)48)45(37(29)54)38-35(31(50)25(47)18-57-38)61-40-33(52)32(51)27(19-58-40)60-41-36(56-2)34(53)39(55)62-41/h3-15,20,22-23,25-27,31-36,38-41,46-47,50-53,55H,16-19H2,1-2H3,(H2,44,48)/b4-3+,7-5+,8-6+,13-10+,14-9+,15-11-,21-12-,29-24-/t20-,22+,23+,25-,26+,27-,31+,32+,33+,34+,35-,36+,38+,39+,40+,41-/m1/s1. The molecule has 21 heteroatoms. The van der Waals surface area contributed by atoms with Crippen LogP contribution in [-0.2, 0) is 47.5 Å². The number of hydrogen-bond donors (Lipinski definition) is 8. The minimum absolute atomic E-state index is 0.0686. The summed E-state index contributed by atoms with van der Waals surface area (Å²) in [5.74, 6) is -3.91. The predicted molar refractivity (Wildman–Crippen MR) is 217 cm³/mol. The smallest absolute Gasteiger partial charge is 0.264 e. The molecular formula is C41H52Cl2N2O17. The summed E-state index contributed by atoms with van der Waals surface area (Å²) in [4.78, 5) is 40.4. The maximum absolute atomic E-state index is 13.9. The lowest BCUT2D eigenvalue weighted by Gasteiger charge is -2.46. The molecule has 0 unspecified atom stereocenters. The number of rotatable bonds is 16. The van der Waals surface area contributed by atoms with E-state index in [2.05, 4.69) is 0 Å². The monoisotopic (exact) mass is 914 g/mol. The number of methoxy groups -OCH3 is 1. The van der Waals surface area contributed by atoms with Gasteiger partial charge in [0.15, 0.2) is 30.9 Å². The Kier molecular flexibility index (Phi) is 18.2. The third-order valence-corrected chi connectivity index (χ3v) is 11.0. The predicted octanol–water partition coefficient (Wildman–Crippen LogP) is -0.324. The van der Waals surface area contributed by atoms with Crippen molar-refractivity contribution in [3.8, 4) is 0 Å². The number of alkyl halides is 1. The Morgan fingerprint density at radius 1 is 0.839 bits per heavy atom. The zero-order valence-electron chi connectivity index (χ0n) is 33.6. The van der Waals surface area contributed by atoms with Crippen molar-refractivity contribution in [2.75, 3.05) is 20.3 Å². The van der Waals surface area contributed by atoms with E-state index in [1.807, 2.05) is 19.1 Å². The van der Waals surface area contributed by atoms with Crippen LogP contribution in [0, 0.1) is 0 Å². The average molecular weight is 916 g/mol. The number of ketones is 1. The third kappa shape index (κ3) is 12.1. The zero-order chi connectivity index (χ0) is 45.2. The van der Waals surface area contributed by atoms with Crippen LogP contribution in [0.15, 0.2) is 95.4 Å². The molecule has 5 saturated heterocycles. The highest BCUT2D eigenvalue weighted by Crippen LogP contribution is 2.35. The van der Waals surface area contributed by atoms with Crippen LogP contribution in [0.25, 0.3) is 0 Å². The second-order valence-corrected chi connectivity index (χ2v) is 15.8. The number of hydrogen-bond acceptors (Lipinski definition) is 17. The third-order valence-electron chi connectivity index (χ3n) is 10.3. The molecular weight excluding hydrogens is 863 g/mol. The van der Waals surface area contributed by atoms with Crippen LogP contribution in [0.1, 0.15) is 19.8 Å². The van der Waals surface area contributed by atoms with E-state index in [0.717, 1.165) is 17.4 Å². The molecule has 9 N–H and O–H groups in total. The molecule has 5 aliphatic rings. The Balaban J connectivity index is 1.22. The number of allylic oxidation sites excluding steroid dienone is 13. The highest BCUT2D eigenvalue weighted by Gasteiger charge is 2.56. The van der Waals surface area contributed by atoms with Crippen molar-refractivity contribution in [2.45, 2.75) is 117 Å². The number of carbonyl (C=O) groups excluding carboxylic acids is 3. The van der Waals surface area contributed by atoms with Crippen molar-refractivity contribution in [1.82, 2.24) is 4.90 Å². The lowest BCUT2D eigenvalue weighted by Crippen LogP contribution is -2.65. The van der Waals surface area contributed by atoms with Crippen LogP contribution >= 0.6 is 23.2 Å². The highest BCUT2D eigenvalue weighted by molar-refractivity contribution is 6.31. The molecule has 0 spiro atoms. The van der Waals surface area contributed by atoms with Gasteiger partial charge in [-0.15, -0.1) is 11.6 Å². The molecule has 0 radical (unpaired) electrons. The van der Waals surface area contributed by atoms with E-state index in [4.69, 9.17) is 62.1 Å². The topological polar surface area (TPSA) is 287 Å². The largest absolute Gasteiger partial charge is 0.507 e. The maximum Gasteiger partial charge on any atom is 0.264 e. The lowest BCUT2D eigenvalue weighted by atomic mass is 10.0. The molecule has 0 bridgehead atoms. The van der Waals surface area contributed by atoms with Crippen LogP contribution in [0.3, 0.4) is 0 Å². The van der Waals surface area contributed by atoms with Crippen molar-refractivity contribution in [3.63, 3.8) is 0 Å². The highest BCUT2D eigenvalue weighted by atomic mass is 35.5. The first kappa shape index (κ1) is 49.4. The number of nitrogens with two attached hydrogens (primary N) is 1. The van der Waals surface area contributed by atoms with E-state index in [-0.39, 0.29) is 17.6 Å². The quantitative estimate of drug-likeness (QED) is 0.0324. The summed E-state index contributed by atoms with van der Waals surface area (Å²) in [5.41, 5.74) is 4.69. The Hall–Kier alpha value is -3.61. The minimum Gasteiger partial charge on any atom is -0.507 e. The number of likely N-dealkylation sites (tertiary alicyclic amines) is 1. The van der Waals surface area contributed by atoms with Gasteiger partial charge in [-0.1, -0.05) is 72.4 Å².